The van der Waals surface area contributed by atoms with E-state index in [1.54, 1.807) is 7.11 Å². The van der Waals surface area contributed by atoms with E-state index in [1.165, 1.54) is 5.56 Å². The van der Waals surface area contributed by atoms with Crippen LogP contribution < -0.4 is 10.5 Å². The fourth-order valence-electron chi connectivity index (χ4n) is 2.00. The maximum atomic E-state index is 5.91. The van der Waals surface area contributed by atoms with Crippen molar-refractivity contribution >= 4 is 0 Å². The van der Waals surface area contributed by atoms with E-state index in [9.17, 15) is 0 Å². The second-order valence-corrected chi connectivity index (χ2v) is 4.79. The van der Waals surface area contributed by atoms with Gasteiger partial charge in [0, 0.05) is 6.54 Å². The molecule has 0 aromatic heterocycles. The highest BCUT2D eigenvalue weighted by atomic mass is 16.5. The number of hydrogen-bond donors (Lipinski definition) is 1. The fraction of sp³-hybridized carbons (Fsp3) is 0.294. The first-order valence-corrected chi connectivity index (χ1v) is 6.74. The zero-order valence-corrected chi connectivity index (χ0v) is 12.0. The van der Waals surface area contributed by atoms with E-state index in [-0.39, 0.29) is 6.10 Å². The molecule has 0 fully saturated rings. The third kappa shape index (κ3) is 3.83. The molecule has 0 bridgehead atoms. The molecule has 2 aromatic carbocycles. The van der Waals surface area contributed by atoms with Gasteiger partial charge >= 0.3 is 0 Å². The Balaban J connectivity index is 1.97. The van der Waals surface area contributed by atoms with E-state index in [2.05, 4.69) is 31.2 Å². The first-order valence-electron chi connectivity index (χ1n) is 6.74. The standard InChI is InChI=1S/C17H21NO2/c1-13-3-7-15(8-4-13)17(11-18)20-12-14-5-9-16(19-2)10-6-14/h3-10,17H,11-12,18H2,1-2H3. The smallest absolute Gasteiger partial charge is 0.118 e. The number of nitrogens with two attached hydrogens (primary N) is 1. The van der Waals surface area contributed by atoms with Crippen LogP contribution in [0.1, 0.15) is 22.8 Å². The molecule has 1 atom stereocenters. The Labute approximate surface area is 120 Å². The van der Waals surface area contributed by atoms with Crippen molar-refractivity contribution in [3.05, 3.63) is 65.2 Å². The number of rotatable bonds is 6. The maximum absolute atomic E-state index is 5.91. The van der Waals surface area contributed by atoms with Crippen molar-refractivity contribution in [1.82, 2.24) is 0 Å². The Kier molecular flexibility index (Phi) is 5.16. The van der Waals surface area contributed by atoms with Gasteiger partial charge in [0.05, 0.1) is 19.8 Å². The van der Waals surface area contributed by atoms with Gasteiger partial charge in [-0.3, -0.25) is 0 Å². The third-order valence-corrected chi connectivity index (χ3v) is 3.27. The number of aryl methyl sites for hydroxylation is 1. The Morgan fingerprint density at radius 1 is 1.00 bits per heavy atom. The zero-order valence-electron chi connectivity index (χ0n) is 12.0. The summed E-state index contributed by atoms with van der Waals surface area (Å²) in [7, 11) is 1.66. The number of methoxy groups -OCH3 is 1. The Morgan fingerprint density at radius 3 is 2.20 bits per heavy atom. The average Bonchev–Trinajstić information content (AvgIpc) is 2.50. The molecule has 0 amide bonds. The van der Waals surface area contributed by atoms with Crippen LogP contribution in [0.2, 0.25) is 0 Å². The molecule has 3 heteroatoms. The second kappa shape index (κ2) is 7.08. The highest BCUT2D eigenvalue weighted by Crippen LogP contribution is 2.19. The predicted octanol–water partition coefficient (Wildman–Crippen LogP) is 3.22. The summed E-state index contributed by atoms with van der Waals surface area (Å²) in [5.74, 6) is 0.850. The number of benzene rings is 2. The third-order valence-electron chi connectivity index (χ3n) is 3.27. The van der Waals surface area contributed by atoms with Gasteiger partial charge in [0.25, 0.3) is 0 Å². The van der Waals surface area contributed by atoms with Crippen LogP contribution in [-0.2, 0) is 11.3 Å². The summed E-state index contributed by atoms with van der Waals surface area (Å²) < 4.78 is 11.0. The maximum Gasteiger partial charge on any atom is 0.118 e. The van der Waals surface area contributed by atoms with Crippen LogP contribution in [0, 0.1) is 6.92 Å². The number of hydrogen-bond acceptors (Lipinski definition) is 3. The van der Waals surface area contributed by atoms with E-state index < -0.39 is 0 Å². The first kappa shape index (κ1) is 14.6. The molecule has 0 radical (unpaired) electrons. The van der Waals surface area contributed by atoms with Crippen LogP contribution in [-0.4, -0.2) is 13.7 Å². The lowest BCUT2D eigenvalue weighted by molar-refractivity contribution is 0.0456. The normalized spacial score (nSPS) is 12.2. The summed E-state index contributed by atoms with van der Waals surface area (Å²) in [5.41, 5.74) is 9.27. The molecular formula is C17H21NO2. The highest BCUT2D eigenvalue weighted by Gasteiger charge is 2.10. The van der Waals surface area contributed by atoms with Crippen molar-refractivity contribution in [3.63, 3.8) is 0 Å². The quantitative estimate of drug-likeness (QED) is 0.877. The van der Waals surface area contributed by atoms with Gasteiger partial charge in [0.15, 0.2) is 0 Å². The average molecular weight is 271 g/mol. The van der Waals surface area contributed by atoms with Gasteiger partial charge in [-0.1, -0.05) is 42.0 Å². The topological polar surface area (TPSA) is 44.5 Å². The lowest BCUT2D eigenvalue weighted by atomic mass is 10.1. The van der Waals surface area contributed by atoms with Gasteiger partial charge in [-0.15, -0.1) is 0 Å². The summed E-state index contributed by atoms with van der Waals surface area (Å²) in [6.45, 7) is 3.08. The van der Waals surface area contributed by atoms with Gasteiger partial charge in [-0.2, -0.15) is 0 Å². The molecule has 0 saturated carbocycles. The van der Waals surface area contributed by atoms with Crippen LogP contribution in [0.25, 0.3) is 0 Å². The molecule has 1 unspecified atom stereocenters. The summed E-state index contributed by atoms with van der Waals surface area (Å²) in [4.78, 5) is 0. The molecule has 0 aliphatic carbocycles. The van der Waals surface area contributed by atoms with E-state index in [0.29, 0.717) is 13.2 Å². The fourth-order valence-corrected chi connectivity index (χ4v) is 2.00. The molecule has 0 aliphatic rings. The van der Waals surface area contributed by atoms with E-state index in [1.807, 2.05) is 24.3 Å². The van der Waals surface area contributed by atoms with Crippen molar-refractivity contribution in [2.24, 2.45) is 5.73 Å². The molecule has 20 heavy (non-hydrogen) atoms. The Bertz CT molecular complexity index is 520. The highest BCUT2D eigenvalue weighted by molar-refractivity contribution is 5.27. The first-order chi connectivity index (χ1) is 9.72. The van der Waals surface area contributed by atoms with Crippen LogP contribution in [0.4, 0.5) is 0 Å². The molecule has 0 saturated heterocycles. The SMILES string of the molecule is COc1ccc(COC(CN)c2ccc(C)cc2)cc1. The minimum absolute atomic E-state index is 0.0716. The molecule has 2 aromatic rings. The predicted molar refractivity (Wildman–Crippen MR) is 80.8 cm³/mol. The second-order valence-electron chi connectivity index (χ2n) is 4.79. The van der Waals surface area contributed by atoms with Crippen LogP contribution in [0.15, 0.2) is 48.5 Å². The summed E-state index contributed by atoms with van der Waals surface area (Å²) in [6, 6.07) is 16.2. The Hall–Kier alpha value is -1.84. The molecule has 2 N–H and O–H groups in total. The molecule has 106 valence electrons. The van der Waals surface area contributed by atoms with E-state index >= 15 is 0 Å². The molecule has 2 rings (SSSR count). The van der Waals surface area contributed by atoms with Gasteiger partial charge in [0.1, 0.15) is 5.75 Å². The van der Waals surface area contributed by atoms with Gasteiger partial charge in [-0.05, 0) is 30.2 Å². The number of ether oxygens (including phenoxy) is 2. The van der Waals surface area contributed by atoms with E-state index in [4.69, 9.17) is 15.2 Å². The molecular weight excluding hydrogens is 250 g/mol. The van der Waals surface area contributed by atoms with Crippen molar-refractivity contribution in [2.75, 3.05) is 13.7 Å². The Morgan fingerprint density at radius 2 is 1.65 bits per heavy atom. The summed E-state index contributed by atoms with van der Waals surface area (Å²) in [6.07, 6.45) is -0.0716. The molecule has 0 spiro atoms. The molecule has 0 heterocycles. The summed E-state index contributed by atoms with van der Waals surface area (Å²) >= 11 is 0. The van der Waals surface area contributed by atoms with Crippen molar-refractivity contribution in [3.8, 4) is 5.75 Å². The van der Waals surface area contributed by atoms with Crippen molar-refractivity contribution < 1.29 is 9.47 Å². The largest absolute Gasteiger partial charge is 0.497 e. The van der Waals surface area contributed by atoms with Gasteiger partial charge < -0.3 is 15.2 Å². The lowest BCUT2D eigenvalue weighted by Crippen LogP contribution is -2.15. The van der Waals surface area contributed by atoms with Crippen LogP contribution in [0.5, 0.6) is 5.75 Å². The minimum Gasteiger partial charge on any atom is -0.497 e. The molecule has 3 nitrogen and oxygen atoms in total. The van der Waals surface area contributed by atoms with Gasteiger partial charge in [-0.25, -0.2) is 0 Å². The monoisotopic (exact) mass is 271 g/mol. The van der Waals surface area contributed by atoms with Crippen molar-refractivity contribution in [2.45, 2.75) is 19.6 Å². The van der Waals surface area contributed by atoms with Crippen molar-refractivity contribution in [1.29, 1.82) is 0 Å². The molecule has 0 aliphatic heterocycles. The summed E-state index contributed by atoms with van der Waals surface area (Å²) in [5, 5.41) is 0. The van der Waals surface area contributed by atoms with Gasteiger partial charge in [0.2, 0.25) is 0 Å². The zero-order chi connectivity index (χ0) is 14.4. The van der Waals surface area contributed by atoms with Crippen LogP contribution >= 0.6 is 0 Å². The van der Waals surface area contributed by atoms with Crippen LogP contribution in [0.3, 0.4) is 0 Å². The minimum atomic E-state index is -0.0716. The van der Waals surface area contributed by atoms with E-state index in [0.717, 1.165) is 16.9 Å². The lowest BCUT2D eigenvalue weighted by Gasteiger charge is -2.17.